The molecule has 0 fully saturated rings. The highest BCUT2D eigenvalue weighted by Crippen LogP contribution is 2.27. The maximum Gasteiger partial charge on any atom is 0.170 e. The molecule has 0 N–H and O–H groups in total. The summed E-state index contributed by atoms with van der Waals surface area (Å²) in [5.74, 6) is -0.611. The molecule has 3 rings (SSSR count). The summed E-state index contributed by atoms with van der Waals surface area (Å²) in [6.45, 7) is 1.81. The van der Waals surface area contributed by atoms with Crippen molar-refractivity contribution >= 4 is 27.2 Å². The highest BCUT2D eigenvalue weighted by atomic mass is 32.1. The Bertz CT molecular complexity index is 789. The average Bonchev–Trinajstić information content (AvgIpc) is 2.82. The van der Waals surface area contributed by atoms with Gasteiger partial charge < -0.3 is 0 Å². The molecule has 0 radical (unpaired) electrons. The van der Waals surface area contributed by atoms with Gasteiger partial charge in [0.25, 0.3) is 0 Å². The molecule has 1 nitrogen and oxygen atoms in total. The first-order chi connectivity index (χ1) is 9.65. The lowest BCUT2D eigenvalue weighted by Gasteiger charge is -2.03. The molecule has 0 spiro atoms. The Morgan fingerprint density at radius 1 is 1.20 bits per heavy atom. The van der Waals surface area contributed by atoms with Crippen LogP contribution in [0, 0.1) is 12.7 Å². The summed E-state index contributed by atoms with van der Waals surface area (Å²) in [6, 6.07) is 12.7. The predicted molar refractivity (Wildman–Crippen MR) is 81.0 cm³/mol. The summed E-state index contributed by atoms with van der Waals surface area (Å²) in [4.78, 5) is 12.3. The van der Waals surface area contributed by atoms with Crippen LogP contribution in [-0.2, 0) is 6.42 Å². The van der Waals surface area contributed by atoms with Crippen molar-refractivity contribution in [2.24, 2.45) is 0 Å². The molecule has 0 amide bonds. The van der Waals surface area contributed by atoms with E-state index in [9.17, 15) is 9.18 Å². The molecule has 0 saturated carbocycles. The van der Waals surface area contributed by atoms with Crippen LogP contribution in [0.25, 0.3) is 10.1 Å². The predicted octanol–water partition coefficient (Wildman–Crippen LogP) is 4.77. The van der Waals surface area contributed by atoms with E-state index in [1.165, 1.54) is 6.07 Å². The van der Waals surface area contributed by atoms with Gasteiger partial charge in [-0.15, -0.1) is 11.3 Å². The molecular weight excluding hydrogens is 271 g/mol. The van der Waals surface area contributed by atoms with Crippen molar-refractivity contribution in [3.63, 3.8) is 0 Å². The second kappa shape index (κ2) is 5.17. The van der Waals surface area contributed by atoms with E-state index in [-0.39, 0.29) is 17.8 Å². The number of ketones is 1. The molecule has 1 aromatic heterocycles. The second-order valence-corrected chi connectivity index (χ2v) is 5.75. The zero-order valence-corrected chi connectivity index (χ0v) is 11.8. The fraction of sp³-hybridized carbons (Fsp3) is 0.118. The Morgan fingerprint density at radius 3 is 2.80 bits per heavy atom. The lowest BCUT2D eigenvalue weighted by Crippen LogP contribution is -2.06. The van der Waals surface area contributed by atoms with Gasteiger partial charge in [0, 0.05) is 11.1 Å². The molecule has 0 aliphatic heterocycles. The first kappa shape index (κ1) is 13.0. The minimum Gasteiger partial charge on any atom is -0.294 e. The van der Waals surface area contributed by atoms with Crippen LogP contribution in [0.1, 0.15) is 21.5 Å². The second-order valence-electron chi connectivity index (χ2n) is 4.84. The number of aryl methyl sites for hydroxylation is 1. The first-order valence-corrected chi connectivity index (χ1v) is 7.27. The zero-order valence-electron chi connectivity index (χ0n) is 11.0. The van der Waals surface area contributed by atoms with Crippen LogP contribution in [0.4, 0.5) is 4.39 Å². The van der Waals surface area contributed by atoms with Gasteiger partial charge in [-0.05, 0) is 47.0 Å². The number of benzene rings is 2. The van der Waals surface area contributed by atoms with E-state index in [2.05, 4.69) is 0 Å². The number of hydrogen-bond acceptors (Lipinski definition) is 2. The van der Waals surface area contributed by atoms with Crippen LogP contribution in [0.5, 0.6) is 0 Å². The van der Waals surface area contributed by atoms with Crippen LogP contribution in [0.3, 0.4) is 0 Å². The third kappa shape index (κ3) is 2.37. The van der Waals surface area contributed by atoms with Gasteiger partial charge in [0.05, 0.1) is 5.56 Å². The summed E-state index contributed by atoms with van der Waals surface area (Å²) >= 11 is 1.61. The molecule has 0 aliphatic carbocycles. The number of Topliss-reactive ketones (excluding diaryl/α,β-unsaturated/α-hetero) is 1. The summed E-state index contributed by atoms with van der Waals surface area (Å²) in [7, 11) is 0. The van der Waals surface area contributed by atoms with Gasteiger partial charge >= 0.3 is 0 Å². The summed E-state index contributed by atoms with van der Waals surface area (Å²) < 4.78 is 15.0. The number of carbonyl (C=O) groups excluding carboxylic acids is 1. The fourth-order valence-corrected chi connectivity index (χ4v) is 3.25. The molecule has 0 saturated heterocycles. The normalized spacial score (nSPS) is 10.9. The third-order valence-electron chi connectivity index (χ3n) is 3.34. The van der Waals surface area contributed by atoms with Crippen molar-refractivity contribution in [3.8, 4) is 0 Å². The minimum atomic E-state index is -0.436. The van der Waals surface area contributed by atoms with Crippen molar-refractivity contribution in [1.29, 1.82) is 0 Å². The molecule has 0 atom stereocenters. The van der Waals surface area contributed by atoms with Crippen molar-refractivity contribution in [2.75, 3.05) is 0 Å². The number of hydrogen-bond donors (Lipinski definition) is 0. The Hall–Kier alpha value is -2.00. The van der Waals surface area contributed by atoms with Gasteiger partial charge in [0.2, 0.25) is 0 Å². The summed E-state index contributed by atoms with van der Waals surface area (Å²) in [5.41, 5.74) is 1.96. The van der Waals surface area contributed by atoms with Gasteiger partial charge in [0.15, 0.2) is 5.78 Å². The standard InChI is InChI=1S/C17H13FOS/c1-11-6-7-14(15(18)8-11)16(19)9-12-10-20-17-5-3-2-4-13(12)17/h2-8,10H,9H2,1H3. The van der Waals surface area contributed by atoms with E-state index < -0.39 is 5.82 Å². The van der Waals surface area contributed by atoms with Gasteiger partial charge in [-0.3, -0.25) is 4.79 Å². The van der Waals surface area contributed by atoms with Crippen molar-refractivity contribution in [3.05, 3.63) is 70.4 Å². The molecule has 0 bridgehead atoms. The summed E-state index contributed by atoms with van der Waals surface area (Å²) in [5, 5.41) is 3.06. The number of thiophene rings is 1. The Labute approximate surface area is 120 Å². The smallest absolute Gasteiger partial charge is 0.170 e. The lowest BCUT2D eigenvalue weighted by molar-refractivity contribution is 0.0989. The SMILES string of the molecule is Cc1ccc(C(=O)Cc2csc3ccccc23)c(F)c1. The van der Waals surface area contributed by atoms with E-state index in [4.69, 9.17) is 0 Å². The molecule has 3 aromatic rings. The number of fused-ring (bicyclic) bond motifs is 1. The quantitative estimate of drug-likeness (QED) is 0.633. The fourth-order valence-electron chi connectivity index (χ4n) is 2.28. The van der Waals surface area contributed by atoms with Gasteiger partial charge in [-0.1, -0.05) is 24.3 Å². The molecule has 100 valence electrons. The maximum atomic E-state index is 13.8. The number of carbonyl (C=O) groups is 1. The van der Waals surface area contributed by atoms with E-state index in [0.717, 1.165) is 21.2 Å². The molecule has 3 heteroatoms. The van der Waals surface area contributed by atoms with E-state index in [0.29, 0.717) is 0 Å². The molecule has 1 heterocycles. The van der Waals surface area contributed by atoms with Crippen molar-refractivity contribution in [1.82, 2.24) is 0 Å². The molecular formula is C17H13FOS. The molecule has 0 aliphatic rings. The van der Waals surface area contributed by atoms with Gasteiger partial charge in [-0.2, -0.15) is 0 Å². The first-order valence-electron chi connectivity index (χ1n) is 6.39. The van der Waals surface area contributed by atoms with E-state index in [1.807, 2.05) is 36.6 Å². The summed E-state index contributed by atoms with van der Waals surface area (Å²) in [6.07, 6.45) is 0.240. The Balaban J connectivity index is 1.92. The van der Waals surface area contributed by atoms with E-state index >= 15 is 0 Å². The number of rotatable bonds is 3. The highest BCUT2D eigenvalue weighted by Gasteiger charge is 2.14. The van der Waals surface area contributed by atoms with E-state index in [1.54, 1.807) is 23.5 Å². The highest BCUT2D eigenvalue weighted by molar-refractivity contribution is 7.17. The van der Waals surface area contributed by atoms with Gasteiger partial charge in [-0.25, -0.2) is 4.39 Å². The van der Waals surface area contributed by atoms with Gasteiger partial charge in [0.1, 0.15) is 5.82 Å². The van der Waals surface area contributed by atoms with Crippen LogP contribution >= 0.6 is 11.3 Å². The van der Waals surface area contributed by atoms with Crippen LogP contribution in [-0.4, -0.2) is 5.78 Å². The van der Waals surface area contributed by atoms with Crippen LogP contribution in [0.15, 0.2) is 47.8 Å². The Morgan fingerprint density at radius 2 is 2.00 bits per heavy atom. The van der Waals surface area contributed by atoms with Crippen LogP contribution in [0.2, 0.25) is 0 Å². The molecule has 2 aromatic carbocycles. The third-order valence-corrected chi connectivity index (χ3v) is 4.35. The average molecular weight is 284 g/mol. The monoisotopic (exact) mass is 284 g/mol. The van der Waals surface area contributed by atoms with Crippen molar-refractivity contribution < 1.29 is 9.18 Å². The minimum absolute atomic E-state index is 0.172. The largest absolute Gasteiger partial charge is 0.294 e. The topological polar surface area (TPSA) is 17.1 Å². The van der Waals surface area contributed by atoms with Crippen molar-refractivity contribution in [2.45, 2.75) is 13.3 Å². The Kier molecular flexibility index (Phi) is 3.36. The zero-order chi connectivity index (χ0) is 14.1. The maximum absolute atomic E-state index is 13.8. The molecule has 20 heavy (non-hydrogen) atoms. The van der Waals surface area contributed by atoms with Crippen LogP contribution < -0.4 is 0 Å². The number of halogens is 1. The lowest BCUT2D eigenvalue weighted by atomic mass is 10.0. The molecule has 0 unspecified atom stereocenters.